The third-order valence-corrected chi connectivity index (χ3v) is 3.38. The van der Waals surface area contributed by atoms with E-state index >= 15 is 0 Å². The fraction of sp³-hybridized carbons (Fsp3) is 0.643. The molecule has 2 unspecified atom stereocenters. The monoisotopic (exact) mass is 284 g/mol. The first kappa shape index (κ1) is 16.2. The van der Waals surface area contributed by atoms with Gasteiger partial charge in [-0.15, -0.1) is 0 Å². The van der Waals surface area contributed by atoms with Gasteiger partial charge in [-0.3, -0.25) is 4.79 Å². The molecule has 0 aliphatic heterocycles. The molecule has 1 aliphatic carbocycles. The summed E-state index contributed by atoms with van der Waals surface area (Å²) < 4.78 is 10.2. The molecule has 1 N–H and O–H groups in total. The largest absolute Gasteiger partial charge is 0.481 e. The summed E-state index contributed by atoms with van der Waals surface area (Å²) >= 11 is 0. The van der Waals surface area contributed by atoms with E-state index in [1.54, 1.807) is 0 Å². The van der Waals surface area contributed by atoms with Gasteiger partial charge in [0.25, 0.3) is 0 Å². The normalized spacial score (nSPS) is 25.6. The van der Waals surface area contributed by atoms with E-state index in [9.17, 15) is 19.5 Å². The number of rotatable bonds is 6. The lowest BCUT2D eigenvalue weighted by atomic mass is 9.75. The Balaban J connectivity index is 3.08. The molecule has 0 amide bonds. The van der Waals surface area contributed by atoms with Gasteiger partial charge in [0.2, 0.25) is 5.60 Å². The summed E-state index contributed by atoms with van der Waals surface area (Å²) in [5, 5.41) is 9.31. The van der Waals surface area contributed by atoms with E-state index in [-0.39, 0.29) is 19.4 Å². The maximum atomic E-state index is 12.2. The van der Waals surface area contributed by atoms with E-state index in [0.29, 0.717) is 19.3 Å². The number of ether oxygens (including phenoxy) is 2. The van der Waals surface area contributed by atoms with Crippen LogP contribution in [0.25, 0.3) is 0 Å². The molecular formula is C14H20O6. The van der Waals surface area contributed by atoms with Crippen molar-refractivity contribution in [3.05, 3.63) is 12.7 Å². The van der Waals surface area contributed by atoms with Crippen molar-refractivity contribution in [2.24, 2.45) is 5.92 Å². The quantitative estimate of drug-likeness (QED) is 0.589. The Hall–Kier alpha value is -1.85. The highest BCUT2D eigenvalue weighted by Crippen LogP contribution is 2.38. The van der Waals surface area contributed by atoms with Crippen LogP contribution in [0.3, 0.4) is 0 Å². The lowest BCUT2D eigenvalue weighted by Crippen LogP contribution is -2.55. The number of carboxylic acids is 1. The third kappa shape index (κ3) is 3.37. The number of carbonyl (C=O) groups is 3. The van der Waals surface area contributed by atoms with Crippen molar-refractivity contribution in [1.29, 1.82) is 0 Å². The summed E-state index contributed by atoms with van der Waals surface area (Å²) in [5.41, 5.74) is -1.73. The molecule has 6 heteroatoms. The van der Waals surface area contributed by atoms with Crippen molar-refractivity contribution >= 4 is 17.9 Å². The first-order valence-corrected chi connectivity index (χ1v) is 6.73. The lowest BCUT2D eigenvalue weighted by molar-refractivity contribution is -0.196. The van der Waals surface area contributed by atoms with Crippen LogP contribution in [0, 0.1) is 5.92 Å². The second kappa shape index (κ2) is 7.07. The number of hydrogen-bond donors (Lipinski definition) is 1. The lowest BCUT2D eigenvalue weighted by Gasteiger charge is -2.38. The zero-order valence-corrected chi connectivity index (χ0v) is 11.6. The molecule has 1 rings (SSSR count). The fourth-order valence-corrected chi connectivity index (χ4v) is 2.41. The topological polar surface area (TPSA) is 89.9 Å². The summed E-state index contributed by atoms with van der Waals surface area (Å²) in [6, 6.07) is 0. The standard InChI is InChI=1S/C14H20O6/c1-3-9-19-13(18)14(20-11(15)4-2)8-6-5-7-10(14)12(16)17/h4,10H,2-3,5-9H2,1H3,(H,16,17). The van der Waals surface area contributed by atoms with Gasteiger partial charge in [0, 0.05) is 6.08 Å². The highest BCUT2D eigenvalue weighted by molar-refractivity contribution is 5.91. The van der Waals surface area contributed by atoms with E-state index in [4.69, 9.17) is 9.47 Å². The van der Waals surface area contributed by atoms with Gasteiger partial charge in [-0.25, -0.2) is 9.59 Å². The smallest absolute Gasteiger partial charge is 0.351 e. The van der Waals surface area contributed by atoms with Gasteiger partial charge in [-0.05, 0) is 25.7 Å². The second-order valence-corrected chi connectivity index (χ2v) is 4.79. The summed E-state index contributed by atoms with van der Waals surface area (Å²) in [4.78, 5) is 35.1. The van der Waals surface area contributed by atoms with Crippen LogP contribution < -0.4 is 0 Å². The number of carbonyl (C=O) groups excluding carboxylic acids is 2. The Kier molecular flexibility index (Phi) is 5.73. The fourth-order valence-electron chi connectivity index (χ4n) is 2.41. The van der Waals surface area contributed by atoms with Gasteiger partial charge in [0.05, 0.1) is 6.61 Å². The molecule has 0 radical (unpaired) electrons. The molecule has 0 spiro atoms. The maximum absolute atomic E-state index is 12.2. The average Bonchev–Trinajstić information content (AvgIpc) is 2.44. The first-order valence-electron chi connectivity index (χ1n) is 6.73. The first-order chi connectivity index (χ1) is 9.47. The van der Waals surface area contributed by atoms with Crippen molar-refractivity contribution in [1.82, 2.24) is 0 Å². The molecule has 0 saturated heterocycles. The summed E-state index contributed by atoms with van der Waals surface area (Å²) in [6.07, 6.45) is 3.24. The molecule has 112 valence electrons. The Labute approximate surface area is 117 Å². The zero-order chi connectivity index (χ0) is 15.2. The van der Waals surface area contributed by atoms with Crippen molar-refractivity contribution < 1.29 is 29.0 Å². The van der Waals surface area contributed by atoms with Gasteiger partial charge in [-0.1, -0.05) is 19.9 Å². The van der Waals surface area contributed by atoms with E-state index in [1.165, 1.54) is 0 Å². The van der Waals surface area contributed by atoms with Gasteiger partial charge < -0.3 is 14.6 Å². The second-order valence-electron chi connectivity index (χ2n) is 4.79. The van der Waals surface area contributed by atoms with Gasteiger partial charge in [0.1, 0.15) is 5.92 Å². The van der Waals surface area contributed by atoms with E-state index in [1.807, 2.05) is 6.92 Å². The molecule has 0 bridgehead atoms. The SMILES string of the molecule is C=CC(=O)OC1(C(=O)OCCC)CCCCC1C(=O)O. The molecular weight excluding hydrogens is 264 g/mol. The van der Waals surface area contributed by atoms with Crippen LogP contribution >= 0.6 is 0 Å². The Morgan fingerprint density at radius 3 is 2.65 bits per heavy atom. The number of hydrogen-bond acceptors (Lipinski definition) is 5. The number of aliphatic carboxylic acids is 1. The minimum Gasteiger partial charge on any atom is -0.481 e. The minimum absolute atomic E-state index is 0.159. The Morgan fingerprint density at radius 2 is 2.10 bits per heavy atom. The number of esters is 2. The zero-order valence-electron chi connectivity index (χ0n) is 11.6. The van der Waals surface area contributed by atoms with Gasteiger partial charge in [-0.2, -0.15) is 0 Å². The summed E-state index contributed by atoms with van der Waals surface area (Å²) in [6.45, 7) is 5.26. The molecule has 1 saturated carbocycles. The molecule has 20 heavy (non-hydrogen) atoms. The molecule has 6 nitrogen and oxygen atoms in total. The predicted octanol–water partition coefficient (Wildman–Crippen LogP) is 1.68. The van der Waals surface area contributed by atoms with Gasteiger partial charge in [0.15, 0.2) is 0 Å². The van der Waals surface area contributed by atoms with E-state index in [0.717, 1.165) is 6.08 Å². The molecule has 1 fully saturated rings. The number of carboxylic acid groups (broad SMARTS) is 1. The van der Waals surface area contributed by atoms with Crippen LogP contribution in [0.2, 0.25) is 0 Å². The Bertz CT molecular complexity index is 402. The van der Waals surface area contributed by atoms with Crippen molar-refractivity contribution in [3.63, 3.8) is 0 Å². The highest BCUT2D eigenvalue weighted by Gasteiger charge is 2.55. The van der Waals surface area contributed by atoms with Crippen LogP contribution in [-0.4, -0.2) is 35.2 Å². The summed E-state index contributed by atoms with van der Waals surface area (Å²) in [7, 11) is 0. The van der Waals surface area contributed by atoms with E-state index < -0.39 is 29.4 Å². The predicted molar refractivity (Wildman–Crippen MR) is 69.9 cm³/mol. The maximum Gasteiger partial charge on any atom is 0.351 e. The molecule has 2 atom stereocenters. The minimum atomic E-state index is -1.73. The van der Waals surface area contributed by atoms with Crippen LogP contribution in [0.1, 0.15) is 39.0 Å². The molecule has 0 aromatic carbocycles. The van der Waals surface area contributed by atoms with Crippen molar-refractivity contribution in [2.45, 2.75) is 44.6 Å². The molecule has 0 aromatic heterocycles. The van der Waals surface area contributed by atoms with Crippen molar-refractivity contribution in [3.8, 4) is 0 Å². The third-order valence-electron chi connectivity index (χ3n) is 3.38. The van der Waals surface area contributed by atoms with Crippen LogP contribution in [0.4, 0.5) is 0 Å². The molecule has 1 aliphatic rings. The Morgan fingerprint density at radius 1 is 1.40 bits per heavy atom. The van der Waals surface area contributed by atoms with Crippen molar-refractivity contribution in [2.75, 3.05) is 6.61 Å². The molecule has 0 heterocycles. The van der Waals surface area contributed by atoms with Gasteiger partial charge >= 0.3 is 17.9 Å². The van der Waals surface area contributed by atoms with Crippen LogP contribution in [0.15, 0.2) is 12.7 Å². The van der Waals surface area contributed by atoms with E-state index in [2.05, 4.69) is 6.58 Å². The highest BCUT2D eigenvalue weighted by atomic mass is 16.6. The average molecular weight is 284 g/mol. The summed E-state index contributed by atoms with van der Waals surface area (Å²) in [5.74, 6) is -3.83. The molecule has 0 aromatic rings. The van der Waals surface area contributed by atoms with Crippen LogP contribution in [0.5, 0.6) is 0 Å². The van der Waals surface area contributed by atoms with Crippen LogP contribution in [-0.2, 0) is 23.9 Å².